The maximum absolute atomic E-state index is 12.3. The standard InChI is InChI=1S/C22H34N2O3/c1-15-7-8-19(11-16(15)2)20(25)9-10-21(26)23-14-22(5,6)24-12-17(3)27-18(4)13-24/h7-8,11,17-18H,9-10,12-14H2,1-6H3,(H,23,26). The summed E-state index contributed by atoms with van der Waals surface area (Å²) in [6, 6.07) is 5.70. The van der Waals surface area contributed by atoms with Crippen LogP contribution in [-0.2, 0) is 9.53 Å². The van der Waals surface area contributed by atoms with Crippen molar-refractivity contribution >= 4 is 11.7 Å². The van der Waals surface area contributed by atoms with Gasteiger partial charge in [-0.25, -0.2) is 0 Å². The molecule has 1 aliphatic rings. The van der Waals surface area contributed by atoms with Gasteiger partial charge in [-0.15, -0.1) is 0 Å². The van der Waals surface area contributed by atoms with Gasteiger partial charge in [0, 0.05) is 43.6 Å². The Morgan fingerprint density at radius 1 is 1.11 bits per heavy atom. The molecule has 5 heteroatoms. The van der Waals surface area contributed by atoms with E-state index in [1.807, 2.05) is 32.0 Å². The highest BCUT2D eigenvalue weighted by Crippen LogP contribution is 2.20. The SMILES string of the molecule is Cc1ccc(C(=O)CCC(=O)NCC(C)(C)N2CC(C)OC(C)C2)cc1C. The molecule has 0 aliphatic carbocycles. The predicted molar refractivity (Wildman–Crippen MR) is 108 cm³/mol. The van der Waals surface area contributed by atoms with Crippen LogP contribution in [0.5, 0.6) is 0 Å². The van der Waals surface area contributed by atoms with E-state index in [4.69, 9.17) is 4.74 Å². The van der Waals surface area contributed by atoms with Crippen molar-refractivity contribution in [3.63, 3.8) is 0 Å². The van der Waals surface area contributed by atoms with Crippen LogP contribution in [0.4, 0.5) is 0 Å². The molecule has 2 rings (SSSR count). The normalized spacial score (nSPS) is 21.1. The number of Topliss-reactive ketones (excluding diaryl/α,β-unsaturated/α-hetero) is 1. The first-order chi connectivity index (χ1) is 12.6. The summed E-state index contributed by atoms with van der Waals surface area (Å²) in [4.78, 5) is 27.0. The van der Waals surface area contributed by atoms with Gasteiger partial charge in [-0.3, -0.25) is 14.5 Å². The number of hydrogen-bond acceptors (Lipinski definition) is 4. The van der Waals surface area contributed by atoms with Gasteiger partial charge in [-0.1, -0.05) is 12.1 Å². The number of aryl methyl sites for hydroxylation is 2. The van der Waals surface area contributed by atoms with Crippen LogP contribution in [0.3, 0.4) is 0 Å². The third kappa shape index (κ3) is 6.15. The first-order valence-electron chi connectivity index (χ1n) is 9.86. The molecule has 0 saturated carbocycles. The fourth-order valence-corrected chi connectivity index (χ4v) is 3.47. The zero-order valence-electron chi connectivity index (χ0n) is 17.6. The third-order valence-electron chi connectivity index (χ3n) is 5.40. The second-order valence-corrected chi connectivity index (χ2v) is 8.47. The zero-order valence-corrected chi connectivity index (χ0v) is 17.6. The first kappa shape index (κ1) is 21.6. The number of nitrogens with zero attached hydrogens (tertiary/aromatic N) is 1. The van der Waals surface area contributed by atoms with E-state index in [1.54, 1.807) is 0 Å². The van der Waals surface area contributed by atoms with E-state index in [9.17, 15) is 9.59 Å². The Hall–Kier alpha value is -1.72. The average Bonchev–Trinajstić information content (AvgIpc) is 2.59. The van der Waals surface area contributed by atoms with Gasteiger partial charge in [0.25, 0.3) is 0 Å². The van der Waals surface area contributed by atoms with Crippen LogP contribution in [0.2, 0.25) is 0 Å². The van der Waals surface area contributed by atoms with Gasteiger partial charge in [-0.2, -0.15) is 0 Å². The molecule has 1 saturated heterocycles. The van der Waals surface area contributed by atoms with E-state index in [-0.39, 0.29) is 42.3 Å². The van der Waals surface area contributed by atoms with Crippen molar-refractivity contribution in [3.8, 4) is 0 Å². The molecule has 1 aliphatic heterocycles. The number of hydrogen-bond donors (Lipinski definition) is 1. The quantitative estimate of drug-likeness (QED) is 0.744. The Labute approximate surface area is 163 Å². The largest absolute Gasteiger partial charge is 0.373 e. The topological polar surface area (TPSA) is 58.6 Å². The van der Waals surface area contributed by atoms with Crippen molar-refractivity contribution < 1.29 is 14.3 Å². The smallest absolute Gasteiger partial charge is 0.220 e. The minimum Gasteiger partial charge on any atom is -0.373 e. The molecule has 1 aromatic rings. The lowest BCUT2D eigenvalue weighted by molar-refractivity contribution is -0.122. The maximum Gasteiger partial charge on any atom is 0.220 e. The van der Waals surface area contributed by atoms with Gasteiger partial charge in [0.2, 0.25) is 5.91 Å². The Morgan fingerprint density at radius 2 is 1.74 bits per heavy atom. The van der Waals surface area contributed by atoms with Gasteiger partial charge >= 0.3 is 0 Å². The number of rotatable bonds is 7. The molecule has 1 heterocycles. The monoisotopic (exact) mass is 374 g/mol. The summed E-state index contributed by atoms with van der Waals surface area (Å²) in [6.45, 7) is 14.7. The summed E-state index contributed by atoms with van der Waals surface area (Å²) in [6.07, 6.45) is 0.844. The van der Waals surface area contributed by atoms with Crippen molar-refractivity contribution in [2.24, 2.45) is 0 Å². The van der Waals surface area contributed by atoms with Crippen LogP contribution in [-0.4, -0.2) is 54.0 Å². The number of ketones is 1. The Bertz CT molecular complexity index is 674. The highest BCUT2D eigenvalue weighted by Gasteiger charge is 2.33. The van der Waals surface area contributed by atoms with Crippen LogP contribution < -0.4 is 5.32 Å². The van der Waals surface area contributed by atoms with E-state index >= 15 is 0 Å². The predicted octanol–water partition coefficient (Wildman–Crippen LogP) is 3.27. The molecule has 5 nitrogen and oxygen atoms in total. The molecule has 2 unspecified atom stereocenters. The second-order valence-electron chi connectivity index (χ2n) is 8.47. The number of carbonyl (C=O) groups excluding carboxylic acids is 2. The molecule has 1 amide bonds. The molecular weight excluding hydrogens is 340 g/mol. The van der Waals surface area contributed by atoms with Crippen molar-refractivity contribution in [1.29, 1.82) is 0 Å². The third-order valence-corrected chi connectivity index (χ3v) is 5.40. The van der Waals surface area contributed by atoms with E-state index in [2.05, 4.69) is 37.9 Å². The van der Waals surface area contributed by atoms with E-state index in [0.717, 1.165) is 18.7 Å². The fraction of sp³-hybridized carbons (Fsp3) is 0.636. The van der Waals surface area contributed by atoms with Crippen LogP contribution >= 0.6 is 0 Å². The number of carbonyl (C=O) groups is 2. The molecule has 1 N–H and O–H groups in total. The molecule has 0 spiro atoms. The number of ether oxygens (including phenoxy) is 1. The maximum atomic E-state index is 12.3. The van der Waals surface area contributed by atoms with Crippen LogP contribution in [0.15, 0.2) is 18.2 Å². The molecule has 2 atom stereocenters. The number of amides is 1. The van der Waals surface area contributed by atoms with Gasteiger partial charge in [-0.05, 0) is 58.7 Å². The highest BCUT2D eigenvalue weighted by molar-refractivity contribution is 5.98. The minimum absolute atomic E-state index is 0.0170. The summed E-state index contributed by atoms with van der Waals surface area (Å²) >= 11 is 0. The minimum atomic E-state index is -0.153. The first-order valence-corrected chi connectivity index (χ1v) is 9.86. The lowest BCUT2D eigenvalue weighted by Crippen LogP contribution is -2.58. The average molecular weight is 375 g/mol. The number of nitrogens with one attached hydrogen (secondary N) is 1. The summed E-state index contributed by atoms with van der Waals surface area (Å²) in [5.41, 5.74) is 2.79. The van der Waals surface area contributed by atoms with Gasteiger partial charge in [0.1, 0.15) is 0 Å². The number of benzene rings is 1. The van der Waals surface area contributed by atoms with Crippen molar-refractivity contribution in [2.45, 2.75) is 72.1 Å². The molecule has 1 aromatic carbocycles. The summed E-state index contributed by atoms with van der Waals surface area (Å²) in [7, 11) is 0. The van der Waals surface area contributed by atoms with E-state index in [0.29, 0.717) is 12.1 Å². The lowest BCUT2D eigenvalue weighted by Gasteiger charge is -2.45. The molecule has 0 aromatic heterocycles. The summed E-state index contributed by atoms with van der Waals surface area (Å²) < 4.78 is 5.79. The molecule has 0 bridgehead atoms. The molecule has 1 fully saturated rings. The van der Waals surface area contributed by atoms with Crippen LogP contribution in [0.25, 0.3) is 0 Å². The van der Waals surface area contributed by atoms with E-state index in [1.165, 1.54) is 5.56 Å². The van der Waals surface area contributed by atoms with Crippen LogP contribution in [0, 0.1) is 13.8 Å². The molecular formula is C22H34N2O3. The highest BCUT2D eigenvalue weighted by atomic mass is 16.5. The molecule has 0 radical (unpaired) electrons. The van der Waals surface area contributed by atoms with Gasteiger partial charge < -0.3 is 10.1 Å². The van der Waals surface area contributed by atoms with Crippen LogP contribution in [0.1, 0.15) is 62.0 Å². The van der Waals surface area contributed by atoms with Crippen molar-refractivity contribution in [1.82, 2.24) is 10.2 Å². The second kappa shape index (κ2) is 8.98. The van der Waals surface area contributed by atoms with E-state index < -0.39 is 0 Å². The Balaban J connectivity index is 1.81. The Kier molecular flexibility index (Phi) is 7.18. The number of morpholine rings is 1. The van der Waals surface area contributed by atoms with Gasteiger partial charge in [0.15, 0.2) is 5.78 Å². The van der Waals surface area contributed by atoms with Gasteiger partial charge in [0.05, 0.1) is 12.2 Å². The summed E-state index contributed by atoms with van der Waals surface area (Å²) in [5.74, 6) is -0.0574. The zero-order chi connectivity index (χ0) is 20.2. The van der Waals surface area contributed by atoms with Crippen molar-refractivity contribution in [3.05, 3.63) is 34.9 Å². The summed E-state index contributed by atoms with van der Waals surface area (Å²) in [5, 5.41) is 3.00. The molecule has 27 heavy (non-hydrogen) atoms. The van der Waals surface area contributed by atoms with Crippen molar-refractivity contribution in [2.75, 3.05) is 19.6 Å². The fourth-order valence-electron chi connectivity index (χ4n) is 3.47. The molecule has 150 valence electrons. The Morgan fingerprint density at radius 3 is 2.33 bits per heavy atom. The lowest BCUT2D eigenvalue weighted by atomic mass is 9.99.